The maximum atomic E-state index is 11.1. The van der Waals surface area contributed by atoms with Gasteiger partial charge < -0.3 is 10.1 Å². The van der Waals surface area contributed by atoms with E-state index in [0.717, 1.165) is 22.6 Å². The van der Waals surface area contributed by atoms with Crippen LogP contribution in [0.4, 0.5) is 0 Å². The highest BCUT2D eigenvalue weighted by atomic mass is 16.5. The molecule has 2 aromatic rings. The molecule has 0 bridgehead atoms. The smallest absolute Gasteiger partial charge is 0.243 e. The summed E-state index contributed by atoms with van der Waals surface area (Å²) in [7, 11) is 1.64. The van der Waals surface area contributed by atoms with E-state index in [9.17, 15) is 4.79 Å². The monoisotopic (exact) mass is 268 g/mol. The second-order valence-electron chi connectivity index (χ2n) is 4.17. The Morgan fingerprint density at radius 1 is 1.35 bits per heavy atom. The fourth-order valence-electron chi connectivity index (χ4n) is 1.81. The van der Waals surface area contributed by atoms with Crippen LogP contribution in [0, 0.1) is 0 Å². The molecule has 1 heterocycles. The normalized spacial score (nSPS) is 9.85. The van der Waals surface area contributed by atoms with Gasteiger partial charge in [-0.25, -0.2) is 0 Å². The third kappa shape index (κ3) is 3.23. The summed E-state index contributed by atoms with van der Waals surface area (Å²) < 4.78 is 5.32. The van der Waals surface area contributed by atoms with Gasteiger partial charge in [0.25, 0.3) is 0 Å². The molecule has 0 atom stereocenters. The number of pyridine rings is 1. The van der Waals surface area contributed by atoms with Crippen molar-refractivity contribution >= 4 is 5.91 Å². The Kier molecular flexibility index (Phi) is 4.50. The molecule has 0 aliphatic rings. The van der Waals surface area contributed by atoms with Gasteiger partial charge in [-0.3, -0.25) is 9.78 Å². The average Bonchev–Trinajstić information content (AvgIpc) is 2.53. The van der Waals surface area contributed by atoms with E-state index < -0.39 is 0 Å². The van der Waals surface area contributed by atoms with Gasteiger partial charge in [0.1, 0.15) is 5.75 Å². The summed E-state index contributed by atoms with van der Waals surface area (Å²) >= 11 is 0. The number of rotatable bonds is 5. The van der Waals surface area contributed by atoms with Crippen molar-refractivity contribution in [2.75, 3.05) is 7.11 Å². The minimum atomic E-state index is -0.196. The van der Waals surface area contributed by atoms with Crippen LogP contribution in [0.1, 0.15) is 5.56 Å². The van der Waals surface area contributed by atoms with Crippen molar-refractivity contribution in [3.05, 3.63) is 60.8 Å². The Morgan fingerprint density at radius 3 is 2.80 bits per heavy atom. The molecule has 1 aromatic heterocycles. The van der Waals surface area contributed by atoms with Crippen molar-refractivity contribution < 1.29 is 9.53 Å². The fourth-order valence-corrected chi connectivity index (χ4v) is 1.81. The van der Waals surface area contributed by atoms with Gasteiger partial charge in [0.15, 0.2) is 0 Å². The minimum Gasteiger partial charge on any atom is -0.496 e. The predicted octanol–water partition coefficient (Wildman–Crippen LogP) is 2.56. The fraction of sp³-hybridized carbons (Fsp3) is 0.125. The van der Waals surface area contributed by atoms with Gasteiger partial charge in [0.05, 0.1) is 12.8 Å². The molecule has 0 unspecified atom stereocenters. The molecule has 0 aliphatic heterocycles. The number of hydrogen-bond donors (Lipinski definition) is 1. The quantitative estimate of drug-likeness (QED) is 0.848. The first-order valence-electron chi connectivity index (χ1n) is 6.23. The van der Waals surface area contributed by atoms with Gasteiger partial charge in [-0.15, -0.1) is 0 Å². The van der Waals surface area contributed by atoms with E-state index >= 15 is 0 Å². The van der Waals surface area contributed by atoms with Gasteiger partial charge >= 0.3 is 0 Å². The molecular weight excluding hydrogens is 252 g/mol. The van der Waals surface area contributed by atoms with Crippen LogP contribution in [-0.4, -0.2) is 18.0 Å². The number of amides is 1. The SMILES string of the molecule is C=CC(=O)NCc1ccc(-c2ccccc2OC)nc1. The highest BCUT2D eigenvalue weighted by Gasteiger charge is 2.06. The van der Waals surface area contributed by atoms with Crippen LogP contribution in [0.15, 0.2) is 55.3 Å². The number of ether oxygens (including phenoxy) is 1. The van der Waals surface area contributed by atoms with Crippen molar-refractivity contribution in [2.24, 2.45) is 0 Å². The maximum absolute atomic E-state index is 11.1. The second-order valence-corrected chi connectivity index (χ2v) is 4.17. The molecule has 0 aliphatic carbocycles. The largest absolute Gasteiger partial charge is 0.496 e. The van der Waals surface area contributed by atoms with Gasteiger partial charge in [0.2, 0.25) is 5.91 Å². The summed E-state index contributed by atoms with van der Waals surface area (Å²) in [4.78, 5) is 15.5. The number of aromatic nitrogens is 1. The van der Waals surface area contributed by atoms with Crippen LogP contribution in [-0.2, 0) is 11.3 Å². The highest BCUT2D eigenvalue weighted by Crippen LogP contribution is 2.27. The van der Waals surface area contributed by atoms with Crippen LogP contribution >= 0.6 is 0 Å². The number of benzene rings is 1. The minimum absolute atomic E-state index is 0.196. The zero-order valence-corrected chi connectivity index (χ0v) is 11.3. The number of carbonyl (C=O) groups excluding carboxylic acids is 1. The number of carbonyl (C=O) groups is 1. The molecule has 1 aromatic carbocycles. The first-order valence-corrected chi connectivity index (χ1v) is 6.23. The molecule has 2 rings (SSSR count). The Bertz CT molecular complexity index is 606. The molecule has 4 nitrogen and oxygen atoms in total. The van der Waals surface area contributed by atoms with Crippen molar-refractivity contribution in [3.63, 3.8) is 0 Å². The number of methoxy groups -OCH3 is 1. The molecule has 1 N–H and O–H groups in total. The molecular formula is C16H16N2O2. The summed E-state index contributed by atoms with van der Waals surface area (Å²) in [5.74, 6) is 0.589. The average molecular weight is 268 g/mol. The molecule has 1 amide bonds. The molecule has 0 fully saturated rings. The Morgan fingerprint density at radius 2 is 2.15 bits per heavy atom. The van der Waals surface area contributed by atoms with Crippen LogP contribution in [0.3, 0.4) is 0 Å². The zero-order valence-electron chi connectivity index (χ0n) is 11.3. The molecule has 20 heavy (non-hydrogen) atoms. The molecule has 0 saturated heterocycles. The van der Waals surface area contributed by atoms with Gasteiger partial charge in [-0.1, -0.05) is 24.8 Å². The predicted molar refractivity (Wildman–Crippen MR) is 78.3 cm³/mol. The summed E-state index contributed by atoms with van der Waals surface area (Å²) in [5, 5.41) is 2.71. The Labute approximate surface area is 118 Å². The first kappa shape index (κ1) is 13.8. The molecule has 0 saturated carbocycles. The number of nitrogens with zero attached hydrogens (tertiary/aromatic N) is 1. The third-order valence-electron chi connectivity index (χ3n) is 2.86. The lowest BCUT2D eigenvalue weighted by atomic mass is 10.1. The summed E-state index contributed by atoms with van der Waals surface area (Å²) in [6, 6.07) is 11.6. The Balaban J connectivity index is 2.15. The van der Waals surface area contributed by atoms with E-state index in [1.165, 1.54) is 6.08 Å². The van der Waals surface area contributed by atoms with E-state index in [1.54, 1.807) is 13.3 Å². The van der Waals surface area contributed by atoms with Crippen molar-refractivity contribution in [3.8, 4) is 17.0 Å². The summed E-state index contributed by atoms with van der Waals surface area (Å²) in [5.41, 5.74) is 2.71. The van der Waals surface area contributed by atoms with E-state index in [-0.39, 0.29) is 5.91 Å². The number of nitrogens with one attached hydrogen (secondary N) is 1. The van der Waals surface area contributed by atoms with E-state index in [2.05, 4.69) is 16.9 Å². The van der Waals surface area contributed by atoms with E-state index in [4.69, 9.17) is 4.74 Å². The van der Waals surface area contributed by atoms with Crippen molar-refractivity contribution in [2.45, 2.75) is 6.54 Å². The van der Waals surface area contributed by atoms with Gasteiger partial charge in [-0.2, -0.15) is 0 Å². The third-order valence-corrected chi connectivity index (χ3v) is 2.86. The van der Waals surface area contributed by atoms with Gasteiger partial charge in [0, 0.05) is 18.3 Å². The van der Waals surface area contributed by atoms with E-state index in [0.29, 0.717) is 6.54 Å². The highest BCUT2D eigenvalue weighted by molar-refractivity contribution is 5.86. The maximum Gasteiger partial charge on any atom is 0.243 e. The summed E-state index contributed by atoms with van der Waals surface area (Å²) in [6.45, 7) is 3.84. The molecule has 0 spiro atoms. The van der Waals surface area contributed by atoms with Crippen LogP contribution in [0.2, 0.25) is 0 Å². The number of hydrogen-bond acceptors (Lipinski definition) is 3. The lowest BCUT2D eigenvalue weighted by Crippen LogP contribution is -2.19. The molecule has 0 radical (unpaired) electrons. The molecule has 102 valence electrons. The molecule has 4 heteroatoms. The second kappa shape index (κ2) is 6.52. The first-order chi connectivity index (χ1) is 9.74. The topological polar surface area (TPSA) is 51.2 Å². The summed E-state index contributed by atoms with van der Waals surface area (Å²) in [6.07, 6.45) is 2.99. The lowest BCUT2D eigenvalue weighted by molar-refractivity contribution is -0.116. The Hall–Kier alpha value is -2.62. The van der Waals surface area contributed by atoms with Crippen molar-refractivity contribution in [1.29, 1.82) is 0 Å². The zero-order chi connectivity index (χ0) is 14.4. The van der Waals surface area contributed by atoms with Crippen molar-refractivity contribution in [1.82, 2.24) is 10.3 Å². The van der Waals surface area contributed by atoms with Crippen LogP contribution in [0.25, 0.3) is 11.3 Å². The van der Waals surface area contributed by atoms with E-state index in [1.807, 2.05) is 36.4 Å². The number of para-hydroxylation sites is 1. The van der Waals surface area contributed by atoms with Gasteiger partial charge in [-0.05, 0) is 29.8 Å². The van der Waals surface area contributed by atoms with Crippen LogP contribution < -0.4 is 10.1 Å². The van der Waals surface area contributed by atoms with Crippen LogP contribution in [0.5, 0.6) is 5.75 Å². The lowest BCUT2D eigenvalue weighted by Gasteiger charge is -2.08. The standard InChI is InChI=1S/C16H16N2O2/c1-3-16(19)18-11-12-8-9-14(17-10-12)13-6-4-5-7-15(13)20-2/h3-10H,1,11H2,2H3,(H,18,19).